The summed E-state index contributed by atoms with van der Waals surface area (Å²) in [6.45, 7) is 6.10. The highest BCUT2D eigenvalue weighted by Crippen LogP contribution is 2.29. The Bertz CT molecular complexity index is 1220. The smallest absolute Gasteiger partial charge is 0.234 e. The number of amides is 1. The van der Waals surface area contributed by atoms with Crippen LogP contribution in [0.25, 0.3) is 22.1 Å². The van der Waals surface area contributed by atoms with E-state index in [0.717, 1.165) is 43.3 Å². The Kier molecular flexibility index (Phi) is 5.07. The van der Waals surface area contributed by atoms with Crippen LogP contribution in [-0.4, -0.2) is 31.8 Å². The van der Waals surface area contributed by atoms with Crippen LogP contribution < -0.4 is 5.32 Å². The fourth-order valence-electron chi connectivity index (χ4n) is 3.06. The summed E-state index contributed by atoms with van der Waals surface area (Å²) in [6, 6.07) is 9.94. The number of rotatable bonds is 4. The van der Waals surface area contributed by atoms with E-state index in [4.69, 9.17) is 0 Å². The lowest BCUT2D eigenvalue weighted by molar-refractivity contribution is -0.113. The third-order valence-corrected chi connectivity index (χ3v) is 5.99. The van der Waals surface area contributed by atoms with E-state index in [0.29, 0.717) is 10.8 Å². The summed E-state index contributed by atoms with van der Waals surface area (Å²) in [5.74, 6) is 0.0767. The summed E-state index contributed by atoms with van der Waals surface area (Å²) in [5, 5.41) is 13.0. The number of hydrogen-bond donors (Lipinski definition) is 2. The SMILES string of the molecule is Cc1ccc(NC(=O)CSc2nnc3c(n2)[nH]c2c(C)ccc(C)c23)c(Br)c1. The van der Waals surface area contributed by atoms with Gasteiger partial charge in [0.1, 0.15) is 5.52 Å². The molecule has 2 N–H and O–H groups in total. The van der Waals surface area contributed by atoms with Gasteiger partial charge in [-0.05, 0) is 65.5 Å². The zero-order valence-corrected chi connectivity index (χ0v) is 18.0. The molecule has 0 aliphatic heterocycles. The Morgan fingerprint density at radius 1 is 1.14 bits per heavy atom. The predicted octanol–water partition coefficient (Wildman–Crippen LogP) is 4.92. The average molecular weight is 456 g/mol. The number of hydrogen-bond acceptors (Lipinski definition) is 5. The first-order valence-electron chi connectivity index (χ1n) is 8.73. The molecule has 142 valence electrons. The fourth-order valence-corrected chi connectivity index (χ4v) is 4.24. The van der Waals surface area contributed by atoms with Crippen molar-refractivity contribution in [1.29, 1.82) is 0 Å². The van der Waals surface area contributed by atoms with Crippen molar-refractivity contribution in [2.75, 3.05) is 11.1 Å². The number of nitrogens with one attached hydrogen (secondary N) is 2. The van der Waals surface area contributed by atoms with Crippen LogP contribution in [0.15, 0.2) is 40.0 Å². The number of anilines is 1. The van der Waals surface area contributed by atoms with E-state index in [1.54, 1.807) is 0 Å². The molecule has 0 atom stereocenters. The molecule has 1 amide bonds. The number of halogens is 1. The first-order valence-corrected chi connectivity index (χ1v) is 10.5. The number of H-pyrrole nitrogens is 1. The largest absolute Gasteiger partial charge is 0.337 e. The third-order valence-electron chi connectivity index (χ3n) is 4.50. The first-order chi connectivity index (χ1) is 13.4. The van der Waals surface area contributed by atoms with Crippen molar-refractivity contribution < 1.29 is 4.79 Å². The third kappa shape index (κ3) is 3.62. The minimum Gasteiger partial charge on any atom is -0.337 e. The van der Waals surface area contributed by atoms with Gasteiger partial charge in [-0.15, -0.1) is 10.2 Å². The zero-order valence-electron chi connectivity index (χ0n) is 15.6. The number of carbonyl (C=O) groups excluding carboxylic acids is 1. The van der Waals surface area contributed by atoms with Gasteiger partial charge in [0.05, 0.1) is 17.0 Å². The summed E-state index contributed by atoms with van der Waals surface area (Å²) in [4.78, 5) is 20.2. The molecule has 4 aromatic rings. The van der Waals surface area contributed by atoms with Crippen molar-refractivity contribution in [3.63, 3.8) is 0 Å². The summed E-state index contributed by atoms with van der Waals surface area (Å²) < 4.78 is 0.856. The highest BCUT2D eigenvalue weighted by Gasteiger charge is 2.14. The second kappa shape index (κ2) is 7.52. The monoisotopic (exact) mass is 455 g/mol. The maximum Gasteiger partial charge on any atom is 0.234 e. The quantitative estimate of drug-likeness (QED) is 0.426. The van der Waals surface area contributed by atoms with Crippen LogP contribution in [0.5, 0.6) is 0 Å². The molecule has 0 aliphatic rings. The van der Waals surface area contributed by atoms with Gasteiger partial charge in [0.2, 0.25) is 11.1 Å². The number of aromatic nitrogens is 4. The molecule has 2 heterocycles. The van der Waals surface area contributed by atoms with Crippen molar-refractivity contribution in [2.24, 2.45) is 0 Å². The molecule has 0 spiro atoms. The minimum absolute atomic E-state index is 0.124. The lowest BCUT2D eigenvalue weighted by atomic mass is 10.1. The molecule has 28 heavy (non-hydrogen) atoms. The van der Waals surface area contributed by atoms with Gasteiger partial charge in [0.15, 0.2) is 5.65 Å². The number of thioether (sulfide) groups is 1. The zero-order chi connectivity index (χ0) is 19.8. The molecule has 0 saturated carbocycles. The van der Waals surface area contributed by atoms with Crippen LogP contribution in [0, 0.1) is 20.8 Å². The lowest BCUT2D eigenvalue weighted by Gasteiger charge is -2.07. The summed E-state index contributed by atoms with van der Waals surface area (Å²) >= 11 is 4.72. The van der Waals surface area contributed by atoms with Crippen LogP contribution >= 0.6 is 27.7 Å². The van der Waals surface area contributed by atoms with E-state index in [9.17, 15) is 4.79 Å². The molecule has 0 unspecified atom stereocenters. The predicted molar refractivity (Wildman–Crippen MR) is 117 cm³/mol. The highest BCUT2D eigenvalue weighted by atomic mass is 79.9. The molecular formula is C20H18BrN5OS. The Hall–Kier alpha value is -2.45. The molecule has 0 aliphatic carbocycles. The average Bonchev–Trinajstić information content (AvgIpc) is 3.05. The van der Waals surface area contributed by atoms with Crippen molar-refractivity contribution in [3.05, 3.63) is 51.5 Å². The number of aromatic amines is 1. The Balaban J connectivity index is 1.52. The molecule has 0 saturated heterocycles. The van der Waals surface area contributed by atoms with Gasteiger partial charge in [0, 0.05) is 9.86 Å². The number of benzene rings is 2. The Morgan fingerprint density at radius 2 is 1.93 bits per heavy atom. The van der Waals surface area contributed by atoms with Gasteiger partial charge in [0.25, 0.3) is 0 Å². The molecule has 2 aromatic carbocycles. The molecule has 8 heteroatoms. The maximum atomic E-state index is 12.3. The molecule has 0 fully saturated rings. The van der Waals surface area contributed by atoms with Crippen molar-refractivity contribution in [1.82, 2.24) is 20.2 Å². The van der Waals surface area contributed by atoms with E-state index >= 15 is 0 Å². The van der Waals surface area contributed by atoms with Crippen LogP contribution in [0.4, 0.5) is 5.69 Å². The van der Waals surface area contributed by atoms with Gasteiger partial charge < -0.3 is 10.3 Å². The first kappa shape index (κ1) is 18.9. The van der Waals surface area contributed by atoms with E-state index in [-0.39, 0.29) is 11.7 Å². The molecule has 2 aromatic heterocycles. The van der Waals surface area contributed by atoms with Crippen molar-refractivity contribution in [3.8, 4) is 0 Å². The normalized spacial score (nSPS) is 11.3. The van der Waals surface area contributed by atoms with Crippen LogP contribution in [0.3, 0.4) is 0 Å². The van der Waals surface area contributed by atoms with Crippen LogP contribution in [-0.2, 0) is 4.79 Å². The van der Waals surface area contributed by atoms with Gasteiger partial charge >= 0.3 is 0 Å². The molecule has 0 bridgehead atoms. The summed E-state index contributed by atoms with van der Waals surface area (Å²) in [6.07, 6.45) is 0. The number of nitrogens with zero attached hydrogens (tertiary/aromatic N) is 3. The fraction of sp³-hybridized carbons (Fsp3) is 0.200. The van der Waals surface area contributed by atoms with Gasteiger partial charge in [-0.25, -0.2) is 4.98 Å². The number of aryl methyl sites for hydroxylation is 3. The second-order valence-corrected chi connectivity index (χ2v) is 8.48. The van der Waals surface area contributed by atoms with Crippen molar-refractivity contribution in [2.45, 2.75) is 25.9 Å². The van der Waals surface area contributed by atoms with Gasteiger partial charge in [-0.2, -0.15) is 0 Å². The second-order valence-electron chi connectivity index (χ2n) is 6.69. The Labute approximate surface area is 174 Å². The van der Waals surface area contributed by atoms with Crippen LogP contribution in [0.2, 0.25) is 0 Å². The molecule has 0 radical (unpaired) electrons. The van der Waals surface area contributed by atoms with E-state index in [1.165, 1.54) is 11.8 Å². The molecule has 4 rings (SSSR count). The summed E-state index contributed by atoms with van der Waals surface area (Å²) in [7, 11) is 0. The van der Waals surface area contributed by atoms with E-state index in [2.05, 4.69) is 53.5 Å². The van der Waals surface area contributed by atoms with E-state index < -0.39 is 0 Å². The van der Waals surface area contributed by atoms with Gasteiger partial charge in [-0.3, -0.25) is 4.79 Å². The topological polar surface area (TPSA) is 83.6 Å². The standard InChI is InChI=1S/C20H18BrN5OS/c1-10-4-7-14(13(21)8-10)22-15(27)9-28-20-24-19-18(25-26-20)16-11(2)5-6-12(3)17(16)23-19/h4-8H,9H2,1-3H3,(H,22,27)(H,23,24,26). The summed E-state index contributed by atoms with van der Waals surface area (Å²) in [5.41, 5.74) is 6.60. The van der Waals surface area contributed by atoms with Crippen molar-refractivity contribution >= 4 is 61.4 Å². The van der Waals surface area contributed by atoms with Crippen LogP contribution in [0.1, 0.15) is 16.7 Å². The number of carbonyl (C=O) groups is 1. The van der Waals surface area contributed by atoms with Gasteiger partial charge in [-0.1, -0.05) is 30.0 Å². The number of fused-ring (bicyclic) bond motifs is 3. The van der Waals surface area contributed by atoms with E-state index in [1.807, 2.05) is 39.0 Å². The molecule has 6 nitrogen and oxygen atoms in total. The maximum absolute atomic E-state index is 12.3. The highest BCUT2D eigenvalue weighted by molar-refractivity contribution is 9.10. The minimum atomic E-state index is -0.124. The lowest BCUT2D eigenvalue weighted by Crippen LogP contribution is -2.14. The Morgan fingerprint density at radius 3 is 2.71 bits per heavy atom. The molecular weight excluding hydrogens is 438 g/mol.